The van der Waals surface area contributed by atoms with E-state index < -0.39 is 0 Å². The Labute approximate surface area is 117 Å². The van der Waals surface area contributed by atoms with Gasteiger partial charge in [0.2, 0.25) is 5.91 Å². The third-order valence-corrected chi connectivity index (χ3v) is 4.01. The van der Waals surface area contributed by atoms with Crippen molar-refractivity contribution in [1.29, 1.82) is 0 Å². The van der Waals surface area contributed by atoms with E-state index in [2.05, 4.69) is 0 Å². The zero-order valence-electron chi connectivity index (χ0n) is 10.6. The van der Waals surface area contributed by atoms with Gasteiger partial charge in [0.05, 0.1) is 6.54 Å². The van der Waals surface area contributed by atoms with E-state index in [-0.39, 0.29) is 36.3 Å². The first-order valence-corrected chi connectivity index (χ1v) is 6.36. The number of halogens is 1. The first kappa shape index (κ1) is 14.1. The molecule has 104 valence electrons. The van der Waals surface area contributed by atoms with Crippen molar-refractivity contribution in [3.8, 4) is 0 Å². The van der Waals surface area contributed by atoms with Gasteiger partial charge in [0.15, 0.2) is 0 Å². The third-order valence-electron chi connectivity index (χ3n) is 4.01. The second-order valence-corrected chi connectivity index (χ2v) is 5.20. The summed E-state index contributed by atoms with van der Waals surface area (Å²) in [5, 5.41) is 0. The molecule has 3 rings (SSSR count). The van der Waals surface area contributed by atoms with Gasteiger partial charge in [0, 0.05) is 37.3 Å². The van der Waals surface area contributed by atoms with Gasteiger partial charge in [0.1, 0.15) is 0 Å². The van der Waals surface area contributed by atoms with E-state index in [1.54, 1.807) is 12.1 Å². The molecule has 0 radical (unpaired) electrons. The van der Waals surface area contributed by atoms with Crippen LogP contribution in [0.1, 0.15) is 18.0 Å². The van der Waals surface area contributed by atoms with Gasteiger partial charge in [0.25, 0.3) is 5.56 Å². The number of aromatic nitrogens is 1. The fourth-order valence-corrected chi connectivity index (χ4v) is 3.23. The van der Waals surface area contributed by atoms with Crippen LogP contribution < -0.4 is 11.3 Å². The van der Waals surface area contributed by atoms with Crippen LogP contribution in [0.3, 0.4) is 0 Å². The predicted molar refractivity (Wildman–Crippen MR) is 74.4 cm³/mol. The highest BCUT2D eigenvalue weighted by molar-refractivity contribution is 5.85. The molecule has 1 saturated heterocycles. The Morgan fingerprint density at radius 3 is 2.84 bits per heavy atom. The minimum absolute atomic E-state index is 0. The molecule has 2 atom stereocenters. The maximum absolute atomic E-state index is 11.8. The first-order chi connectivity index (χ1) is 8.69. The normalized spacial score (nSPS) is 24.4. The smallest absolute Gasteiger partial charge is 0.250 e. The summed E-state index contributed by atoms with van der Waals surface area (Å²) in [7, 11) is 0. The van der Waals surface area contributed by atoms with E-state index >= 15 is 0 Å². The van der Waals surface area contributed by atoms with Gasteiger partial charge in [-0.05, 0) is 18.4 Å². The lowest BCUT2D eigenvalue weighted by atomic mass is 9.83. The number of pyridine rings is 1. The van der Waals surface area contributed by atoms with Crippen molar-refractivity contribution in [2.45, 2.75) is 18.9 Å². The summed E-state index contributed by atoms with van der Waals surface area (Å²) in [4.78, 5) is 25.4. The minimum atomic E-state index is 0. The molecule has 19 heavy (non-hydrogen) atoms. The monoisotopic (exact) mass is 283 g/mol. The summed E-state index contributed by atoms with van der Waals surface area (Å²) in [6, 6.07) is 5.41. The standard InChI is InChI=1S/C13H17N3O2.ClH/c14-5-13(18)15-6-9-4-10(8-15)11-2-1-3-12(17)16(11)7-9;/h1-3,9-10H,4-8,14H2;1H. The molecule has 0 aromatic carbocycles. The molecule has 0 spiro atoms. The predicted octanol–water partition coefficient (Wildman–Crippen LogP) is 0.174. The van der Waals surface area contributed by atoms with Crippen LogP contribution in [0.15, 0.2) is 23.0 Å². The van der Waals surface area contributed by atoms with Crippen LogP contribution in [0, 0.1) is 5.92 Å². The highest BCUT2D eigenvalue weighted by Crippen LogP contribution is 2.34. The molecule has 2 unspecified atom stereocenters. The number of likely N-dealkylation sites (tertiary alicyclic amines) is 1. The van der Waals surface area contributed by atoms with Gasteiger partial charge in [-0.1, -0.05) is 6.07 Å². The van der Waals surface area contributed by atoms with Crippen molar-refractivity contribution in [2.24, 2.45) is 11.7 Å². The van der Waals surface area contributed by atoms with Gasteiger partial charge in [-0.15, -0.1) is 12.4 Å². The lowest BCUT2D eigenvalue weighted by molar-refractivity contribution is -0.132. The number of nitrogens with zero attached hydrogens (tertiary/aromatic N) is 2. The van der Waals surface area contributed by atoms with Crippen LogP contribution in [0.4, 0.5) is 0 Å². The molecule has 0 aliphatic carbocycles. The molecule has 2 aliphatic heterocycles. The number of fused-ring (bicyclic) bond motifs is 4. The number of hydrogen-bond acceptors (Lipinski definition) is 3. The average Bonchev–Trinajstić information content (AvgIpc) is 2.39. The summed E-state index contributed by atoms with van der Waals surface area (Å²) >= 11 is 0. The van der Waals surface area contributed by atoms with Crippen molar-refractivity contribution in [1.82, 2.24) is 9.47 Å². The Hall–Kier alpha value is -1.33. The minimum Gasteiger partial charge on any atom is -0.341 e. The summed E-state index contributed by atoms with van der Waals surface area (Å²) in [5.41, 5.74) is 6.56. The van der Waals surface area contributed by atoms with E-state index in [0.29, 0.717) is 12.5 Å². The van der Waals surface area contributed by atoms with E-state index in [1.807, 2.05) is 15.5 Å². The van der Waals surface area contributed by atoms with Gasteiger partial charge < -0.3 is 15.2 Å². The van der Waals surface area contributed by atoms with Crippen molar-refractivity contribution in [3.63, 3.8) is 0 Å². The van der Waals surface area contributed by atoms with Gasteiger partial charge in [-0.25, -0.2) is 0 Å². The molecule has 2 N–H and O–H groups in total. The number of carbonyl (C=O) groups excluding carboxylic acids is 1. The molecule has 0 saturated carbocycles. The van der Waals surface area contributed by atoms with Gasteiger partial charge >= 0.3 is 0 Å². The van der Waals surface area contributed by atoms with Crippen molar-refractivity contribution < 1.29 is 4.79 Å². The Kier molecular flexibility index (Phi) is 3.96. The Morgan fingerprint density at radius 1 is 1.32 bits per heavy atom. The Bertz CT molecular complexity index is 543. The number of hydrogen-bond donors (Lipinski definition) is 1. The van der Waals surface area contributed by atoms with Crippen LogP contribution in [0.2, 0.25) is 0 Å². The second-order valence-electron chi connectivity index (χ2n) is 5.20. The largest absolute Gasteiger partial charge is 0.341 e. The van der Waals surface area contributed by atoms with E-state index in [0.717, 1.165) is 25.2 Å². The van der Waals surface area contributed by atoms with E-state index in [9.17, 15) is 9.59 Å². The maximum atomic E-state index is 11.8. The molecule has 1 fully saturated rings. The van der Waals surface area contributed by atoms with Crippen LogP contribution >= 0.6 is 12.4 Å². The topological polar surface area (TPSA) is 68.3 Å². The van der Waals surface area contributed by atoms with Crippen LogP contribution in [0.25, 0.3) is 0 Å². The summed E-state index contributed by atoms with van der Waals surface area (Å²) in [5.74, 6) is 0.671. The highest BCUT2D eigenvalue weighted by atomic mass is 35.5. The molecule has 2 aliphatic rings. The molecular formula is C13H18ClN3O2. The molecule has 6 heteroatoms. The molecule has 1 aromatic rings. The number of nitrogens with two attached hydrogens (primary N) is 1. The first-order valence-electron chi connectivity index (χ1n) is 6.36. The number of carbonyl (C=O) groups is 1. The van der Waals surface area contributed by atoms with Crippen LogP contribution in [-0.2, 0) is 11.3 Å². The van der Waals surface area contributed by atoms with Crippen molar-refractivity contribution in [3.05, 3.63) is 34.2 Å². The molecule has 3 heterocycles. The van der Waals surface area contributed by atoms with Crippen molar-refractivity contribution >= 4 is 18.3 Å². The fourth-order valence-electron chi connectivity index (χ4n) is 3.23. The zero-order chi connectivity index (χ0) is 12.7. The van der Waals surface area contributed by atoms with Crippen LogP contribution in [-0.4, -0.2) is 35.0 Å². The highest BCUT2D eigenvalue weighted by Gasteiger charge is 2.35. The molecule has 1 aromatic heterocycles. The lowest BCUT2D eigenvalue weighted by Gasteiger charge is -2.42. The lowest BCUT2D eigenvalue weighted by Crippen LogP contribution is -2.50. The maximum Gasteiger partial charge on any atom is 0.250 e. The Balaban J connectivity index is 0.00000133. The Morgan fingerprint density at radius 2 is 2.11 bits per heavy atom. The van der Waals surface area contributed by atoms with E-state index in [1.165, 1.54) is 0 Å². The van der Waals surface area contributed by atoms with Crippen molar-refractivity contribution in [2.75, 3.05) is 19.6 Å². The number of rotatable bonds is 1. The van der Waals surface area contributed by atoms with Gasteiger partial charge in [-0.3, -0.25) is 9.59 Å². The zero-order valence-corrected chi connectivity index (χ0v) is 11.4. The number of piperidine rings is 1. The van der Waals surface area contributed by atoms with Gasteiger partial charge in [-0.2, -0.15) is 0 Å². The quantitative estimate of drug-likeness (QED) is 0.799. The second kappa shape index (κ2) is 5.35. The van der Waals surface area contributed by atoms with Crippen LogP contribution in [0.5, 0.6) is 0 Å². The van der Waals surface area contributed by atoms with E-state index in [4.69, 9.17) is 5.73 Å². The summed E-state index contributed by atoms with van der Waals surface area (Å²) < 4.78 is 1.86. The number of amides is 1. The third kappa shape index (κ3) is 2.40. The molecular weight excluding hydrogens is 266 g/mol. The molecule has 1 amide bonds. The fraction of sp³-hybridized carbons (Fsp3) is 0.538. The molecule has 5 nitrogen and oxygen atoms in total. The average molecular weight is 284 g/mol. The SMILES string of the molecule is Cl.NCC(=O)N1CC2CC(C1)c1cccc(=O)n1C2. The summed E-state index contributed by atoms with van der Waals surface area (Å²) in [6.07, 6.45) is 1.07. The molecule has 2 bridgehead atoms. The summed E-state index contributed by atoms with van der Waals surface area (Å²) in [6.45, 7) is 2.21.